The first-order chi connectivity index (χ1) is 55.0. The molecule has 17 nitrogen and oxygen atoms in total. The zero-order valence-corrected chi connectivity index (χ0v) is 76.3. The van der Waals surface area contributed by atoms with Crippen LogP contribution in [-0.4, -0.2) is 96.7 Å². The van der Waals surface area contributed by atoms with Gasteiger partial charge in [-0.1, -0.05) is 465 Å². The molecule has 0 spiro atoms. The summed E-state index contributed by atoms with van der Waals surface area (Å²) in [5.41, 5.74) is 0. The predicted molar refractivity (Wildman–Crippen MR) is 469 cm³/mol. The van der Waals surface area contributed by atoms with Crippen LogP contribution in [-0.2, 0) is 65.4 Å². The third-order valence-corrected chi connectivity index (χ3v) is 24.2. The van der Waals surface area contributed by atoms with E-state index in [9.17, 15) is 43.2 Å². The molecular weight excluding hydrogens is 1460 g/mol. The number of hydrogen-bond donors (Lipinski definition) is 3. The molecule has 0 aliphatic rings. The molecule has 0 heterocycles. The molecule has 2 unspecified atom stereocenters. The van der Waals surface area contributed by atoms with E-state index >= 15 is 0 Å². The molecule has 0 rings (SSSR count). The highest BCUT2D eigenvalue weighted by atomic mass is 31.2. The number of carbonyl (C=O) groups is 4. The Bertz CT molecular complexity index is 2140. The second-order valence-electron chi connectivity index (χ2n) is 34.2. The Morgan fingerprint density at radius 1 is 0.239 bits per heavy atom. The highest BCUT2D eigenvalue weighted by Gasteiger charge is 2.31. The molecule has 0 aromatic carbocycles. The summed E-state index contributed by atoms with van der Waals surface area (Å²) >= 11 is 0. The average Bonchev–Trinajstić information content (AvgIpc) is 0.898. The lowest BCUT2D eigenvalue weighted by atomic mass is 10.0. The first-order valence-electron chi connectivity index (χ1n) is 48.6. The fraction of sp³-hybridized carbons (Fsp3) is 0.957. The van der Waals surface area contributed by atoms with E-state index in [1.54, 1.807) is 0 Å². The Morgan fingerprint density at radius 3 is 0.602 bits per heavy atom. The highest BCUT2D eigenvalue weighted by molar-refractivity contribution is 7.47. The fourth-order valence-electron chi connectivity index (χ4n) is 14.9. The van der Waals surface area contributed by atoms with Gasteiger partial charge in [-0.15, -0.1) is 0 Å². The standard InChI is InChI=1S/C94H184O17P2/c1-6-9-12-15-18-21-24-26-28-30-32-34-35-37-43-47-51-55-60-65-70-75-80-94(99)111-90(84-105-92(97)78-73-68-63-58-53-49-45-41-39-38-40-44-48-52-56-61-66-71-76-87(4)5)86-109-113(102,103)107-82-88(95)81-106-112(100,101)108-85-89(83-104-91(96)77-72-67-62-57-23-20-17-14-11-8-3)110-93(98)79-74-69-64-59-54-50-46-42-36-33-31-29-27-25-22-19-16-13-10-7-2/h87-90,95H,6-86H2,1-5H3,(H,100,101)(H,102,103)/t88-,89+,90+/m0/s1. The number of phosphoric acid groups is 2. The summed E-state index contributed by atoms with van der Waals surface area (Å²) in [4.78, 5) is 73.5. The van der Waals surface area contributed by atoms with E-state index in [1.807, 2.05) is 0 Å². The van der Waals surface area contributed by atoms with Crippen LogP contribution in [0.4, 0.5) is 0 Å². The van der Waals surface area contributed by atoms with Crippen molar-refractivity contribution < 1.29 is 80.2 Å². The van der Waals surface area contributed by atoms with Crippen molar-refractivity contribution in [3.05, 3.63) is 0 Å². The lowest BCUT2D eigenvalue weighted by Gasteiger charge is -2.21. The fourth-order valence-corrected chi connectivity index (χ4v) is 16.5. The highest BCUT2D eigenvalue weighted by Crippen LogP contribution is 2.45. The molecule has 0 fully saturated rings. The van der Waals surface area contributed by atoms with Crippen LogP contribution in [0.5, 0.6) is 0 Å². The van der Waals surface area contributed by atoms with Crippen molar-refractivity contribution in [2.75, 3.05) is 39.6 Å². The largest absolute Gasteiger partial charge is 0.472 e. The van der Waals surface area contributed by atoms with Crippen LogP contribution in [0.3, 0.4) is 0 Å². The van der Waals surface area contributed by atoms with Crippen molar-refractivity contribution in [2.24, 2.45) is 5.92 Å². The molecule has 0 radical (unpaired) electrons. The van der Waals surface area contributed by atoms with E-state index in [1.165, 1.54) is 340 Å². The van der Waals surface area contributed by atoms with Gasteiger partial charge < -0.3 is 33.8 Å². The SMILES string of the molecule is CCCCCCCCCCCCCCCCCCCCCCCCC(=O)O[C@H](COC(=O)CCCCCCCCCCCCCCCCCCCCC(C)C)COP(=O)(O)OC[C@@H](O)COP(=O)(O)OC[C@@H](COC(=O)CCCCCCCCCCCC)OC(=O)CCCCCCCCCCCCCCCCCCCCCC. The van der Waals surface area contributed by atoms with Gasteiger partial charge in [0.2, 0.25) is 0 Å². The van der Waals surface area contributed by atoms with Gasteiger partial charge in [0.15, 0.2) is 12.2 Å². The van der Waals surface area contributed by atoms with Gasteiger partial charge in [-0.3, -0.25) is 37.3 Å². The van der Waals surface area contributed by atoms with Gasteiger partial charge in [0.05, 0.1) is 26.4 Å². The lowest BCUT2D eigenvalue weighted by Crippen LogP contribution is -2.30. The second kappa shape index (κ2) is 86.4. The maximum atomic E-state index is 13.2. The first-order valence-corrected chi connectivity index (χ1v) is 51.6. The maximum Gasteiger partial charge on any atom is 0.472 e. The third-order valence-electron chi connectivity index (χ3n) is 22.3. The molecule has 0 aliphatic heterocycles. The van der Waals surface area contributed by atoms with Crippen LogP contribution in [0.1, 0.15) is 516 Å². The minimum Gasteiger partial charge on any atom is -0.462 e. The normalized spacial score (nSPS) is 13.6. The van der Waals surface area contributed by atoms with E-state index in [0.717, 1.165) is 95.8 Å². The molecule has 0 aliphatic carbocycles. The van der Waals surface area contributed by atoms with Gasteiger partial charge in [0.25, 0.3) is 0 Å². The van der Waals surface area contributed by atoms with Gasteiger partial charge in [-0.25, -0.2) is 9.13 Å². The molecule has 0 saturated heterocycles. The van der Waals surface area contributed by atoms with Gasteiger partial charge in [-0.2, -0.15) is 0 Å². The summed E-state index contributed by atoms with van der Waals surface area (Å²) in [5, 5.41) is 10.7. The number of esters is 4. The molecule has 19 heteroatoms. The van der Waals surface area contributed by atoms with Crippen molar-refractivity contribution in [3.8, 4) is 0 Å². The number of aliphatic hydroxyl groups excluding tert-OH is 1. The van der Waals surface area contributed by atoms with Crippen LogP contribution in [0, 0.1) is 5.92 Å². The first kappa shape index (κ1) is 111. The van der Waals surface area contributed by atoms with E-state index in [0.29, 0.717) is 25.7 Å². The lowest BCUT2D eigenvalue weighted by molar-refractivity contribution is -0.161. The van der Waals surface area contributed by atoms with Crippen molar-refractivity contribution in [3.63, 3.8) is 0 Å². The average molecular weight is 1650 g/mol. The number of aliphatic hydroxyl groups is 1. The molecule has 672 valence electrons. The molecule has 0 aromatic rings. The quantitative estimate of drug-likeness (QED) is 0.0222. The predicted octanol–water partition coefficient (Wildman–Crippen LogP) is 29.5. The van der Waals surface area contributed by atoms with Crippen molar-refractivity contribution in [2.45, 2.75) is 534 Å². The zero-order valence-electron chi connectivity index (χ0n) is 74.5. The summed E-state index contributed by atoms with van der Waals surface area (Å²) in [6, 6.07) is 0. The molecule has 0 aromatic heterocycles. The number of rotatable bonds is 94. The number of ether oxygens (including phenoxy) is 4. The van der Waals surface area contributed by atoms with E-state index in [2.05, 4.69) is 34.6 Å². The molecule has 0 amide bonds. The van der Waals surface area contributed by atoms with Gasteiger partial charge in [-0.05, 0) is 31.6 Å². The van der Waals surface area contributed by atoms with Crippen molar-refractivity contribution in [1.82, 2.24) is 0 Å². The van der Waals surface area contributed by atoms with Crippen LogP contribution < -0.4 is 0 Å². The third kappa shape index (κ3) is 87.7. The summed E-state index contributed by atoms with van der Waals surface area (Å²) in [6.07, 6.45) is 83.6. The molecule has 113 heavy (non-hydrogen) atoms. The van der Waals surface area contributed by atoms with Gasteiger partial charge in [0.1, 0.15) is 19.3 Å². The van der Waals surface area contributed by atoms with E-state index < -0.39 is 97.5 Å². The minimum atomic E-state index is -4.97. The Balaban J connectivity index is 5.20. The molecule has 3 N–H and O–H groups in total. The molecule has 0 bridgehead atoms. The van der Waals surface area contributed by atoms with Crippen LogP contribution in [0.15, 0.2) is 0 Å². The van der Waals surface area contributed by atoms with Crippen LogP contribution in [0.2, 0.25) is 0 Å². The Labute approximate surface area is 696 Å². The Hall–Kier alpha value is -1.94. The second-order valence-corrected chi connectivity index (χ2v) is 37.1. The zero-order chi connectivity index (χ0) is 82.6. The summed E-state index contributed by atoms with van der Waals surface area (Å²) in [7, 11) is -9.94. The molecule has 0 saturated carbocycles. The van der Waals surface area contributed by atoms with Gasteiger partial charge >= 0.3 is 39.5 Å². The van der Waals surface area contributed by atoms with Crippen LogP contribution in [0.25, 0.3) is 0 Å². The van der Waals surface area contributed by atoms with Crippen molar-refractivity contribution in [1.29, 1.82) is 0 Å². The van der Waals surface area contributed by atoms with Crippen LogP contribution >= 0.6 is 15.6 Å². The molecular formula is C94H184O17P2. The summed E-state index contributed by atoms with van der Waals surface area (Å²) in [6.45, 7) is 7.44. The topological polar surface area (TPSA) is 237 Å². The smallest absolute Gasteiger partial charge is 0.462 e. The van der Waals surface area contributed by atoms with Crippen molar-refractivity contribution >= 4 is 39.5 Å². The summed E-state index contributed by atoms with van der Waals surface area (Å²) < 4.78 is 69.1. The number of unbranched alkanes of at least 4 members (excludes halogenated alkanes) is 66. The minimum absolute atomic E-state index is 0.110. The molecule has 5 atom stereocenters. The van der Waals surface area contributed by atoms with Gasteiger partial charge in [0, 0.05) is 25.7 Å². The summed E-state index contributed by atoms with van der Waals surface area (Å²) in [5.74, 6) is -1.27. The monoisotopic (exact) mass is 1650 g/mol. The number of phosphoric ester groups is 2. The number of hydrogen-bond acceptors (Lipinski definition) is 15. The Kier molecular flexibility index (Phi) is 85.0. The maximum absolute atomic E-state index is 13.2. The van der Waals surface area contributed by atoms with E-state index in [-0.39, 0.29) is 25.7 Å². The van der Waals surface area contributed by atoms with E-state index in [4.69, 9.17) is 37.0 Å². The number of carbonyl (C=O) groups excluding carboxylic acids is 4. The Morgan fingerprint density at radius 2 is 0.407 bits per heavy atom.